The van der Waals surface area contributed by atoms with E-state index in [2.05, 4.69) is 17.2 Å². The summed E-state index contributed by atoms with van der Waals surface area (Å²) in [5, 5.41) is 3.36. The fourth-order valence-electron chi connectivity index (χ4n) is 1.99. The molecule has 0 aliphatic carbocycles. The normalized spacial score (nSPS) is 12.4. The van der Waals surface area contributed by atoms with Crippen molar-refractivity contribution in [2.75, 3.05) is 11.1 Å². The minimum atomic E-state index is 0.0476. The van der Waals surface area contributed by atoms with Gasteiger partial charge in [-0.15, -0.1) is 0 Å². The predicted molar refractivity (Wildman–Crippen MR) is 84.5 cm³/mol. The molecule has 2 aromatic rings. The second-order valence-corrected chi connectivity index (χ2v) is 5.42. The highest BCUT2D eigenvalue weighted by Crippen LogP contribution is 2.22. The van der Waals surface area contributed by atoms with Crippen LogP contribution in [0.15, 0.2) is 34.9 Å². The predicted octanol–water partition coefficient (Wildman–Crippen LogP) is 3.48. The van der Waals surface area contributed by atoms with Crippen molar-refractivity contribution < 1.29 is 9.15 Å². The lowest BCUT2D eigenvalue weighted by molar-refractivity contribution is 0.234. The van der Waals surface area contributed by atoms with Crippen LogP contribution in [-0.2, 0) is 6.42 Å². The number of nitrogen functional groups attached to an aromatic ring is 1. The third-order valence-corrected chi connectivity index (χ3v) is 3.04. The zero-order valence-electron chi connectivity index (χ0n) is 12.8. The number of aromatic nitrogens is 1. The first-order valence-electron chi connectivity index (χ1n) is 7.26. The zero-order chi connectivity index (χ0) is 15.2. The summed E-state index contributed by atoms with van der Waals surface area (Å²) in [5.74, 6) is 2.25. The summed E-state index contributed by atoms with van der Waals surface area (Å²) >= 11 is 0. The fourth-order valence-corrected chi connectivity index (χ4v) is 1.99. The maximum absolute atomic E-state index is 5.86. The Labute approximate surface area is 125 Å². The van der Waals surface area contributed by atoms with Crippen LogP contribution in [-0.4, -0.2) is 17.1 Å². The van der Waals surface area contributed by atoms with Gasteiger partial charge in [-0.05, 0) is 51.5 Å². The molecule has 0 spiro atoms. The van der Waals surface area contributed by atoms with Crippen molar-refractivity contribution in [1.29, 1.82) is 0 Å². The topological polar surface area (TPSA) is 73.3 Å². The van der Waals surface area contributed by atoms with Gasteiger partial charge in [-0.1, -0.05) is 0 Å². The van der Waals surface area contributed by atoms with Crippen molar-refractivity contribution in [2.24, 2.45) is 0 Å². The van der Waals surface area contributed by atoms with Crippen molar-refractivity contribution in [1.82, 2.24) is 4.98 Å². The number of furan rings is 1. The summed E-state index contributed by atoms with van der Waals surface area (Å²) in [7, 11) is 0. The quantitative estimate of drug-likeness (QED) is 0.816. The third kappa shape index (κ3) is 4.70. The summed E-state index contributed by atoms with van der Waals surface area (Å²) in [6.45, 7) is 6.02. The molecule has 0 saturated carbocycles. The Balaban J connectivity index is 1.92. The standard InChI is InChI=1S/C16H23N3O2/c1-11(2)21-16-14(17)8-9-15(19-16)18-12(3)6-7-13-5-4-10-20-13/h4-5,8-12H,6-7,17H2,1-3H3,(H,18,19). The molecule has 2 heterocycles. The van der Waals surface area contributed by atoms with Crippen LogP contribution in [0, 0.1) is 0 Å². The summed E-state index contributed by atoms with van der Waals surface area (Å²) in [6.07, 6.45) is 3.60. The molecule has 0 aromatic carbocycles. The summed E-state index contributed by atoms with van der Waals surface area (Å²) in [6, 6.07) is 7.85. The molecule has 0 amide bonds. The van der Waals surface area contributed by atoms with Gasteiger partial charge in [0.2, 0.25) is 5.88 Å². The number of hydrogen-bond donors (Lipinski definition) is 2. The maximum atomic E-state index is 5.86. The Hall–Kier alpha value is -2.17. The molecular weight excluding hydrogens is 266 g/mol. The van der Waals surface area contributed by atoms with Crippen LogP contribution < -0.4 is 15.8 Å². The van der Waals surface area contributed by atoms with E-state index in [0.717, 1.165) is 24.4 Å². The Morgan fingerprint density at radius 3 is 2.76 bits per heavy atom. The minimum absolute atomic E-state index is 0.0476. The number of aryl methyl sites for hydroxylation is 1. The maximum Gasteiger partial charge on any atom is 0.239 e. The lowest BCUT2D eigenvalue weighted by Gasteiger charge is -2.16. The van der Waals surface area contributed by atoms with Gasteiger partial charge in [0.1, 0.15) is 11.6 Å². The first kappa shape index (κ1) is 15.2. The molecule has 2 aromatic heterocycles. The molecule has 21 heavy (non-hydrogen) atoms. The molecule has 0 saturated heterocycles. The molecule has 0 bridgehead atoms. The number of pyridine rings is 1. The van der Waals surface area contributed by atoms with Crippen LogP contribution >= 0.6 is 0 Å². The van der Waals surface area contributed by atoms with Crippen molar-refractivity contribution in [2.45, 2.75) is 45.8 Å². The lowest BCUT2D eigenvalue weighted by atomic mass is 10.1. The van der Waals surface area contributed by atoms with Crippen LogP contribution in [0.1, 0.15) is 33.0 Å². The van der Waals surface area contributed by atoms with Gasteiger partial charge < -0.3 is 20.2 Å². The molecule has 114 valence electrons. The number of ether oxygens (including phenoxy) is 1. The third-order valence-electron chi connectivity index (χ3n) is 3.04. The highest BCUT2D eigenvalue weighted by molar-refractivity contribution is 5.53. The molecule has 5 heteroatoms. The number of rotatable bonds is 7. The second-order valence-electron chi connectivity index (χ2n) is 5.42. The Morgan fingerprint density at radius 1 is 1.29 bits per heavy atom. The van der Waals surface area contributed by atoms with Crippen molar-refractivity contribution in [3.8, 4) is 5.88 Å². The van der Waals surface area contributed by atoms with E-state index >= 15 is 0 Å². The molecule has 0 aliphatic rings. The van der Waals surface area contributed by atoms with Crippen LogP contribution in [0.3, 0.4) is 0 Å². The number of nitrogens with zero attached hydrogens (tertiary/aromatic N) is 1. The number of nitrogens with one attached hydrogen (secondary N) is 1. The summed E-state index contributed by atoms with van der Waals surface area (Å²) in [5.41, 5.74) is 6.42. The Bertz CT molecular complexity index is 553. The monoisotopic (exact) mass is 289 g/mol. The molecule has 2 rings (SSSR count). The summed E-state index contributed by atoms with van der Waals surface area (Å²) < 4.78 is 10.9. The average molecular weight is 289 g/mol. The number of nitrogens with two attached hydrogens (primary N) is 1. The van der Waals surface area contributed by atoms with Gasteiger partial charge >= 0.3 is 0 Å². The fraction of sp³-hybridized carbons (Fsp3) is 0.438. The van der Waals surface area contributed by atoms with Gasteiger partial charge in [0, 0.05) is 12.5 Å². The van der Waals surface area contributed by atoms with Crippen molar-refractivity contribution in [3.63, 3.8) is 0 Å². The van der Waals surface area contributed by atoms with E-state index < -0.39 is 0 Å². The molecule has 3 N–H and O–H groups in total. The zero-order valence-corrected chi connectivity index (χ0v) is 12.8. The average Bonchev–Trinajstić information content (AvgIpc) is 2.93. The number of hydrogen-bond acceptors (Lipinski definition) is 5. The van der Waals surface area contributed by atoms with E-state index in [0.29, 0.717) is 11.6 Å². The van der Waals surface area contributed by atoms with E-state index in [9.17, 15) is 0 Å². The summed E-state index contributed by atoms with van der Waals surface area (Å²) in [4.78, 5) is 4.42. The van der Waals surface area contributed by atoms with Gasteiger partial charge in [-0.25, -0.2) is 0 Å². The van der Waals surface area contributed by atoms with E-state index in [1.165, 1.54) is 0 Å². The van der Waals surface area contributed by atoms with Crippen LogP contribution in [0.2, 0.25) is 0 Å². The van der Waals surface area contributed by atoms with E-state index in [1.807, 2.05) is 38.1 Å². The van der Waals surface area contributed by atoms with E-state index in [4.69, 9.17) is 14.9 Å². The Morgan fingerprint density at radius 2 is 2.10 bits per heavy atom. The van der Waals surface area contributed by atoms with Crippen LogP contribution in [0.25, 0.3) is 0 Å². The van der Waals surface area contributed by atoms with Gasteiger partial charge in [-0.3, -0.25) is 0 Å². The van der Waals surface area contributed by atoms with Crippen LogP contribution in [0.4, 0.5) is 11.5 Å². The SMILES string of the molecule is CC(CCc1ccco1)Nc1ccc(N)c(OC(C)C)n1. The van der Waals surface area contributed by atoms with Gasteiger partial charge in [0.05, 0.1) is 18.1 Å². The molecule has 5 nitrogen and oxygen atoms in total. The minimum Gasteiger partial charge on any atom is -0.473 e. The highest BCUT2D eigenvalue weighted by atomic mass is 16.5. The first-order valence-corrected chi connectivity index (χ1v) is 7.26. The Kier molecular flexibility index (Phi) is 5.09. The van der Waals surface area contributed by atoms with Crippen molar-refractivity contribution in [3.05, 3.63) is 36.3 Å². The molecule has 0 aliphatic heterocycles. The van der Waals surface area contributed by atoms with E-state index in [-0.39, 0.29) is 12.1 Å². The molecule has 0 fully saturated rings. The van der Waals surface area contributed by atoms with E-state index in [1.54, 1.807) is 6.26 Å². The molecule has 0 radical (unpaired) electrons. The highest BCUT2D eigenvalue weighted by Gasteiger charge is 2.09. The lowest BCUT2D eigenvalue weighted by Crippen LogP contribution is -2.17. The smallest absolute Gasteiger partial charge is 0.239 e. The van der Waals surface area contributed by atoms with Crippen LogP contribution in [0.5, 0.6) is 5.88 Å². The largest absolute Gasteiger partial charge is 0.473 e. The number of anilines is 2. The molecule has 1 atom stereocenters. The second kappa shape index (κ2) is 7.02. The van der Waals surface area contributed by atoms with Gasteiger partial charge in [0.15, 0.2) is 0 Å². The molecule has 1 unspecified atom stereocenters. The van der Waals surface area contributed by atoms with Gasteiger partial charge in [-0.2, -0.15) is 4.98 Å². The van der Waals surface area contributed by atoms with Crippen molar-refractivity contribution >= 4 is 11.5 Å². The molecular formula is C16H23N3O2. The first-order chi connectivity index (χ1) is 10.0. The van der Waals surface area contributed by atoms with Gasteiger partial charge in [0.25, 0.3) is 0 Å².